The minimum Gasteiger partial charge on any atom is -0.322 e. The predicted octanol–water partition coefficient (Wildman–Crippen LogP) is 4.15. The summed E-state index contributed by atoms with van der Waals surface area (Å²) in [6, 6.07) is 15.3. The third kappa shape index (κ3) is 3.41. The Bertz CT molecular complexity index is 540. The molecule has 2 aromatic carbocycles. The molecule has 0 aliphatic heterocycles. The Morgan fingerprint density at radius 3 is 2.41 bits per heavy atom. The average Bonchev–Trinajstić information content (AvgIpc) is 2.33. The second kappa shape index (κ2) is 5.81. The van der Waals surface area contributed by atoms with E-state index in [9.17, 15) is 4.79 Å². The molecule has 0 saturated heterocycles. The third-order valence-electron chi connectivity index (χ3n) is 2.20. The number of rotatable bonds is 2. The maximum Gasteiger partial charge on any atom is 0.256 e. The number of carbonyl (C=O) groups is 1. The average molecular weight is 449 g/mol. The smallest absolute Gasteiger partial charge is 0.256 e. The molecule has 2 rings (SSSR count). The van der Waals surface area contributed by atoms with Gasteiger partial charge in [-0.25, -0.2) is 0 Å². The molecule has 0 fully saturated rings. The van der Waals surface area contributed by atoms with E-state index < -0.39 is 0 Å². The summed E-state index contributed by atoms with van der Waals surface area (Å²) in [7, 11) is 0. The van der Waals surface area contributed by atoms with Crippen LogP contribution in [0.1, 0.15) is 10.4 Å². The lowest BCUT2D eigenvalue weighted by Crippen LogP contribution is -2.13. The van der Waals surface area contributed by atoms with Crippen LogP contribution in [0.5, 0.6) is 0 Å². The van der Waals surface area contributed by atoms with Crippen molar-refractivity contribution in [1.82, 2.24) is 0 Å². The van der Waals surface area contributed by atoms with Gasteiger partial charge in [0.25, 0.3) is 5.91 Å². The molecular weight excluding hydrogens is 440 g/mol. The molecule has 0 spiro atoms. The van der Waals surface area contributed by atoms with Crippen molar-refractivity contribution in [2.24, 2.45) is 0 Å². The monoisotopic (exact) mass is 449 g/mol. The van der Waals surface area contributed by atoms with E-state index in [1.54, 1.807) is 0 Å². The fourth-order valence-electron chi connectivity index (χ4n) is 1.39. The van der Waals surface area contributed by atoms with E-state index in [1.165, 1.54) is 0 Å². The Labute approximate surface area is 127 Å². The Hall–Kier alpha value is -0.630. The Balaban J connectivity index is 2.23. The molecule has 0 saturated carbocycles. The van der Waals surface area contributed by atoms with Crippen molar-refractivity contribution in [3.05, 3.63) is 61.2 Å². The van der Waals surface area contributed by atoms with Gasteiger partial charge in [0.05, 0.1) is 5.56 Å². The summed E-state index contributed by atoms with van der Waals surface area (Å²) in [6.07, 6.45) is 0. The van der Waals surface area contributed by atoms with E-state index in [0.29, 0.717) is 5.56 Å². The van der Waals surface area contributed by atoms with Gasteiger partial charge in [0.1, 0.15) is 0 Å². The lowest BCUT2D eigenvalue weighted by Gasteiger charge is -2.07. The van der Waals surface area contributed by atoms with Crippen LogP contribution in [0, 0.1) is 7.14 Å². The first-order chi connectivity index (χ1) is 8.16. The molecule has 1 N–H and O–H groups in total. The first kappa shape index (κ1) is 12.8. The quantitative estimate of drug-likeness (QED) is 0.687. The summed E-state index contributed by atoms with van der Waals surface area (Å²) in [5.74, 6) is -0.0703. The van der Waals surface area contributed by atoms with Gasteiger partial charge in [-0.05, 0) is 75.5 Å². The van der Waals surface area contributed by atoms with Gasteiger partial charge in [-0.1, -0.05) is 18.2 Å². The zero-order chi connectivity index (χ0) is 12.3. The van der Waals surface area contributed by atoms with Crippen LogP contribution in [0.15, 0.2) is 48.5 Å². The van der Waals surface area contributed by atoms with E-state index in [0.717, 1.165) is 12.8 Å². The molecule has 17 heavy (non-hydrogen) atoms. The normalized spacial score (nSPS) is 10.0. The van der Waals surface area contributed by atoms with Gasteiger partial charge in [-0.15, -0.1) is 0 Å². The summed E-state index contributed by atoms with van der Waals surface area (Å²) in [5.41, 5.74) is 1.52. The van der Waals surface area contributed by atoms with E-state index in [2.05, 4.69) is 50.5 Å². The van der Waals surface area contributed by atoms with E-state index in [4.69, 9.17) is 0 Å². The molecule has 0 bridgehead atoms. The number of nitrogens with one attached hydrogen (secondary N) is 1. The van der Waals surface area contributed by atoms with Gasteiger partial charge < -0.3 is 5.32 Å². The molecule has 0 aromatic heterocycles. The summed E-state index contributed by atoms with van der Waals surface area (Å²) in [6.45, 7) is 0. The maximum atomic E-state index is 12.1. The van der Waals surface area contributed by atoms with Gasteiger partial charge in [0.15, 0.2) is 0 Å². The Morgan fingerprint density at radius 2 is 1.71 bits per heavy atom. The summed E-state index contributed by atoms with van der Waals surface area (Å²) >= 11 is 4.37. The minimum absolute atomic E-state index is 0.0703. The molecule has 0 aliphatic carbocycles. The van der Waals surface area contributed by atoms with E-state index in [1.807, 2.05) is 48.5 Å². The van der Waals surface area contributed by atoms with Crippen LogP contribution >= 0.6 is 45.2 Å². The van der Waals surface area contributed by atoms with Crippen LogP contribution in [-0.4, -0.2) is 5.91 Å². The van der Waals surface area contributed by atoms with Crippen molar-refractivity contribution in [3.8, 4) is 0 Å². The standard InChI is InChI=1S/C13H9I2NO/c14-9-6-7-12(15)11(8-9)13(17)16-10-4-2-1-3-5-10/h1-8H,(H,16,17). The summed E-state index contributed by atoms with van der Waals surface area (Å²) in [4.78, 5) is 12.1. The van der Waals surface area contributed by atoms with E-state index >= 15 is 0 Å². The van der Waals surface area contributed by atoms with Crippen molar-refractivity contribution in [2.45, 2.75) is 0 Å². The van der Waals surface area contributed by atoms with Crippen LogP contribution < -0.4 is 5.32 Å². The number of halogens is 2. The van der Waals surface area contributed by atoms with Crippen molar-refractivity contribution >= 4 is 56.8 Å². The number of hydrogen-bond donors (Lipinski definition) is 1. The van der Waals surface area contributed by atoms with Crippen molar-refractivity contribution in [1.29, 1.82) is 0 Å². The molecule has 2 nitrogen and oxygen atoms in total. The lowest BCUT2D eigenvalue weighted by atomic mass is 10.2. The summed E-state index contributed by atoms with van der Waals surface area (Å²) < 4.78 is 2.01. The summed E-state index contributed by atoms with van der Waals surface area (Å²) in [5, 5.41) is 2.88. The SMILES string of the molecule is O=C(Nc1ccccc1)c1cc(I)ccc1I. The highest BCUT2D eigenvalue weighted by atomic mass is 127. The number of amides is 1. The van der Waals surface area contributed by atoms with Gasteiger partial charge in [-0.2, -0.15) is 0 Å². The molecule has 0 aliphatic rings. The van der Waals surface area contributed by atoms with Gasteiger partial charge in [0.2, 0.25) is 0 Å². The Kier molecular flexibility index (Phi) is 4.38. The highest BCUT2D eigenvalue weighted by Gasteiger charge is 2.10. The van der Waals surface area contributed by atoms with Crippen LogP contribution in [-0.2, 0) is 0 Å². The number of carbonyl (C=O) groups excluding carboxylic acids is 1. The number of benzene rings is 2. The molecule has 0 radical (unpaired) electrons. The number of para-hydroxylation sites is 1. The maximum absolute atomic E-state index is 12.1. The molecule has 1 amide bonds. The van der Waals surface area contributed by atoms with E-state index in [-0.39, 0.29) is 5.91 Å². The molecular formula is C13H9I2NO. The van der Waals surface area contributed by atoms with Gasteiger partial charge >= 0.3 is 0 Å². The van der Waals surface area contributed by atoms with Crippen molar-refractivity contribution < 1.29 is 4.79 Å². The molecule has 4 heteroatoms. The van der Waals surface area contributed by atoms with Gasteiger partial charge in [0, 0.05) is 12.8 Å². The highest BCUT2D eigenvalue weighted by molar-refractivity contribution is 14.1. The molecule has 0 unspecified atom stereocenters. The first-order valence-electron chi connectivity index (χ1n) is 4.98. The second-order valence-electron chi connectivity index (χ2n) is 3.44. The van der Waals surface area contributed by atoms with Crippen molar-refractivity contribution in [3.63, 3.8) is 0 Å². The van der Waals surface area contributed by atoms with Crippen molar-refractivity contribution in [2.75, 3.05) is 5.32 Å². The van der Waals surface area contributed by atoms with Crippen LogP contribution in [0.4, 0.5) is 5.69 Å². The largest absolute Gasteiger partial charge is 0.322 e. The fraction of sp³-hybridized carbons (Fsp3) is 0. The first-order valence-corrected chi connectivity index (χ1v) is 7.14. The zero-order valence-electron chi connectivity index (χ0n) is 8.78. The molecule has 86 valence electrons. The highest BCUT2D eigenvalue weighted by Crippen LogP contribution is 2.17. The predicted molar refractivity (Wildman–Crippen MR) is 86.3 cm³/mol. The van der Waals surface area contributed by atoms with Crippen LogP contribution in [0.3, 0.4) is 0 Å². The molecule has 0 atom stereocenters. The third-order valence-corrected chi connectivity index (χ3v) is 3.82. The Morgan fingerprint density at radius 1 is 1.00 bits per heavy atom. The number of anilines is 1. The molecule has 0 heterocycles. The molecule has 2 aromatic rings. The van der Waals surface area contributed by atoms with Gasteiger partial charge in [-0.3, -0.25) is 4.79 Å². The zero-order valence-corrected chi connectivity index (χ0v) is 13.1. The van der Waals surface area contributed by atoms with Crippen LogP contribution in [0.25, 0.3) is 0 Å². The van der Waals surface area contributed by atoms with Crippen LogP contribution in [0.2, 0.25) is 0 Å². The second-order valence-corrected chi connectivity index (χ2v) is 5.85. The fourth-order valence-corrected chi connectivity index (χ4v) is 2.46. The topological polar surface area (TPSA) is 29.1 Å². The lowest BCUT2D eigenvalue weighted by molar-refractivity contribution is 0.102. The number of hydrogen-bond acceptors (Lipinski definition) is 1. The minimum atomic E-state index is -0.0703.